The van der Waals surface area contributed by atoms with E-state index in [1.165, 1.54) is 6.39 Å². The van der Waals surface area contributed by atoms with Crippen molar-refractivity contribution in [3.63, 3.8) is 0 Å². The van der Waals surface area contributed by atoms with Crippen molar-refractivity contribution in [2.75, 3.05) is 20.1 Å². The molecule has 0 aromatic carbocycles. The Kier molecular flexibility index (Phi) is 4.96. The SMILES string of the molecule is Cc1ncoc1C(=O)N(C)C[C@@H]1C[C@H](F)CN1Cc1scnc1C. The lowest BCUT2D eigenvalue weighted by atomic mass is 10.2. The van der Waals surface area contributed by atoms with E-state index < -0.39 is 6.17 Å². The smallest absolute Gasteiger partial charge is 0.291 e. The van der Waals surface area contributed by atoms with Crippen molar-refractivity contribution in [3.8, 4) is 0 Å². The summed E-state index contributed by atoms with van der Waals surface area (Å²) in [5.41, 5.74) is 3.37. The summed E-state index contributed by atoms with van der Waals surface area (Å²) in [7, 11) is 1.71. The molecule has 0 saturated carbocycles. The Morgan fingerprint density at radius 2 is 2.25 bits per heavy atom. The lowest BCUT2D eigenvalue weighted by Crippen LogP contribution is -2.41. The minimum absolute atomic E-state index is 0.0151. The zero-order valence-corrected chi connectivity index (χ0v) is 14.8. The minimum Gasteiger partial charge on any atom is -0.438 e. The van der Waals surface area contributed by atoms with E-state index in [9.17, 15) is 9.18 Å². The third-order valence-electron chi connectivity index (χ3n) is 4.44. The van der Waals surface area contributed by atoms with E-state index in [-0.39, 0.29) is 17.7 Å². The third-order valence-corrected chi connectivity index (χ3v) is 5.36. The molecule has 1 amide bonds. The van der Waals surface area contributed by atoms with Gasteiger partial charge < -0.3 is 9.32 Å². The zero-order chi connectivity index (χ0) is 17.3. The zero-order valence-electron chi connectivity index (χ0n) is 14.0. The number of halogens is 1. The van der Waals surface area contributed by atoms with Gasteiger partial charge in [0.05, 0.1) is 16.9 Å². The summed E-state index contributed by atoms with van der Waals surface area (Å²) in [5, 5.41) is 0. The number of likely N-dealkylation sites (tertiary alicyclic amines) is 1. The number of oxazole rings is 1. The van der Waals surface area contributed by atoms with Crippen LogP contribution in [-0.4, -0.2) is 58.0 Å². The van der Waals surface area contributed by atoms with Crippen molar-refractivity contribution >= 4 is 17.2 Å². The fourth-order valence-corrected chi connectivity index (χ4v) is 3.85. The molecule has 1 fully saturated rings. The van der Waals surface area contributed by atoms with E-state index in [0.717, 1.165) is 10.6 Å². The van der Waals surface area contributed by atoms with Gasteiger partial charge in [-0.2, -0.15) is 0 Å². The summed E-state index contributed by atoms with van der Waals surface area (Å²) in [5.74, 6) is 0.0263. The van der Waals surface area contributed by atoms with E-state index >= 15 is 0 Å². The highest BCUT2D eigenvalue weighted by molar-refractivity contribution is 7.09. The molecule has 8 heteroatoms. The number of rotatable bonds is 5. The van der Waals surface area contributed by atoms with Crippen molar-refractivity contribution in [2.45, 2.75) is 39.0 Å². The van der Waals surface area contributed by atoms with Crippen LogP contribution in [0.15, 0.2) is 16.3 Å². The molecule has 2 aromatic heterocycles. The van der Waals surface area contributed by atoms with Crippen molar-refractivity contribution in [1.29, 1.82) is 0 Å². The molecule has 6 nitrogen and oxygen atoms in total. The first kappa shape index (κ1) is 17.0. The summed E-state index contributed by atoms with van der Waals surface area (Å²) < 4.78 is 19.1. The maximum absolute atomic E-state index is 14.0. The molecule has 24 heavy (non-hydrogen) atoms. The first-order chi connectivity index (χ1) is 11.5. The van der Waals surface area contributed by atoms with Gasteiger partial charge in [0.25, 0.3) is 5.91 Å². The van der Waals surface area contributed by atoms with Crippen LogP contribution in [0.4, 0.5) is 4.39 Å². The molecule has 0 bridgehead atoms. The van der Waals surface area contributed by atoms with Crippen LogP contribution < -0.4 is 0 Å². The number of hydrogen-bond acceptors (Lipinski definition) is 6. The summed E-state index contributed by atoms with van der Waals surface area (Å²) >= 11 is 1.59. The van der Waals surface area contributed by atoms with E-state index in [1.54, 1.807) is 30.2 Å². The molecule has 0 N–H and O–H groups in total. The van der Waals surface area contributed by atoms with Gasteiger partial charge in [-0.05, 0) is 20.3 Å². The lowest BCUT2D eigenvalue weighted by molar-refractivity contribution is 0.0718. The van der Waals surface area contributed by atoms with Gasteiger partial charge in [-0.1, -0.05) is 0 Å². The average Bonchev–Trinajstić information content (AvgIpc) is 3.22. The molecule has 0 aliphatic carbocycles. The normalized spacial score (nSPS) is 21.3. The van der Waals surface area contributed by atoms with Crippen LogP contribution in [0.5, 0.6) is 0 Å². The second-order valence-corrected chi connectivity index (χ2v) is 7.17. The van der Waals surface area contributed by atoms with Gasteiger partial charge in [0.15, 0.2) is 6.39 Å². The molecule has 1 aliphatic rings. The molecule has 0 unspecified atom stereocenters. The van der Waals surface area contributed by atoms with Gasteiger partial charge in [-0.25, -0.2) is 14.4 Å². The standard InChI is InChI=1S/C16H21FN4O2S/c1-10-14(24-9-19-10)7-21-5-12(17)4-13(21)6-20(3)16(22)15-11(2)18-8-23-15/h8-9,12-13H,4-7H2,1-3H3/t12-,13-/m0/s1. The molecule has 130 valence electrons. The van der Waals surface area contributed by atoms with Gasteiger partial charge >= 0.3 is 0 Å². The van der Waals surface area contributed by atoms with Crippen molar-refractivity contribution in [1.82, 2.24) is 19.8 Å². The monoisotopic (exact) mass is 352 g/mol. The third kappa shape index (κ3) is 3.49. The number of amides is 1. The van der Waals surface area contributed by atoms with Gasteiger partial charge in [0.2, 0.25) is 5.76 Å². The Bertz CT molecular complexity index is 717. The second-order valence-electron chi connectivity index (χ2n) is 6.23. The molecule has 1 aliphatic heterocycles. The molecular formula is C16H21FN4O2S. The quantitative estimate of drug-likeness (QED) is 0.827. The van der Waals surface area contributed by atoms with Gasteiger partial charge in [-0.15, -0.1) is 11.3 Å². The number of hydrogen-bond donors (Lipinski definition) is 0. The number of likely N-dealkylation sites (N-methyl/N-ethyl adjacent to an activating group) is 1. The van der Waals surface area contributed by atoms with Crippen LogP contribution in [0.3, 0.4) is 0 Å². The van der Waals surface area contributed by atoms with Crippen LogP contribution in [0.2, 0.25) is 0 Å². The number of nitrogens with zero attached hydrogens (tertiary/aromatic N) is 4. The highest BCUT2D eigenvalue weighted by atomic mass is 32.1. The highest BCUT2D eigenvalue weighted by Gasteiger charge is 2.34. The largest absolute Gasteiger partial charge is 0.438 e. The summed E-state index contributed by atoms with van der Waals surface area (Å²) in [6, 6.07) is -0.0151. The number of aromatic nitrogens is 2. The maximum atomic E-state index is 14.0. The molecule has 0 spiro atoms. The molecular weight excluding hydrogens is 331 g/mol. The predicted molar refractivity (Wildman–Crippen MR) is 88.8 cm³/mol. The highest BCUT2D eigenvalue weighted by Crippen LogP contribution is 2.26. The summed E-state index contributed by atoms with van der Waals surface area (Å²) in [4.78, 5) is 25.5. The van der Waals surface area contributed by atoms with Crippen molar-refractivity contribution in [3.05, 3.63) is 33.9 Å². The first-order valence-electron chi connectivity index (χ1n) is 7.88. The topological polar surface area (TPSA) is 62.5 Å². The minimum atomic E-state index is -0.862. The van der Waals surface area contributed by atoms with Crippen LogP contribution in [0, 0.1) is 13.8 Å². The number of carbonyl (C=O) groups is 1. The molecule has 1 saturated heterocycles. The van der Waals surface area contributed by atoms with Crippen molar-refractivity contribution < 1.29 is 13.6 Å². The Morgan fingerprint density at radius 1 is 1.46 bits per heavy atom. The maximum Gasteiger partial charge on any atom is 0.291 e. The average molecular weight is 352 g/mol. The second kappa shape index (κ2) is 6.98. The van der Waals surface area contributed by atoms with Crippen molar-refractivity contribution in [2.24, 2.45) is 0 Å². The fourth-order valence-electron chi connectivity index (χ4n) is 3.05. The van der Waals surface area contributed by atoms with Crippen LogP contribution in [0.1, 0.15) is 33.2 Å². The number of carbonyl (C=O) groups excluding carboxylic acids is 1. The Hall–Kier alpha value is -1.80. The molecule has 3 heterocycles. The predicted octanol–water partition coefficient (Wildman–Crippen LogP) is 2.43. The van der Waals surface area contributed by atoms with E-state index in [2.05, 4.69) is 14.9 Å². The van der Waals surface area contributed by atoms with E-state index in [4.69, 9.17) is 4.42 Å². The first-order valence-corrected chi connectivity index (χ1v) is 8.76. The molecule has 2 atom stereocenters. The Morgan fingerprint density at radius 3 is 2.88 bits per heavy atom. The Balaban J connectivity index is 1.67. The van der Waals surface area contributed by atoms with Crippen LogP contribution in [0.25, 0.3) is 0 Å². The molecule has 3 rings (SSSR count). The van der Waals surface area contributed by atoms with E-state index in [0.29, 0.717) is 31.7 Å². The Labute approximate surface area is 144 Å². The fraction of sp³-hybridized carbons (Fsp3) is 0.562. The summed E-state index contributed by atoms with van der Waals surface area (Å²) in [6.07, 6.45) is 0.839. The lowest BCUT2D eigenvalue weighted by Gasteiger charge is -2.27. The molecule has 0 radical (unpaired) electrons. The van der Waals surface area contributed by atoms with Gasteiger partial charge in [0, 0.05) is 37.6 Å². The number of thiazole rings is 1. The summed E-state index contributed by atoms with van der Waals surface area (Å²) in [6.45, 7) is 5.22. The number of alkyl halides is 1. The van der Waals surface area contributed by atoms with Gasteiger partial charge in [-0.3, -0.25) is 9.69 Å². The van der Waals surface area contributed by atoms with E-state index in [1.807, 2.05) is 12.4 Å². The van der Waals surface area contributed by atoms with Gasteiger partial charge in [0.1, 0.15) is 6.17 Å². The van der Waals surface area contributed by atoms with Crippen LogP contribution >= 0.6 is 11.3 Å². The van der Waals surface area contributed by atoms with Crippen LogP contribution in [-0.2, 0) is 6.54 Å². The molecule has 2 aromatic rings. The number of aryl methyl sites for hydroxylation is 2.